The van der Waals surface area contributed by atoms with Crippen LogP contribution in [-0.2, 0) is 11.2 Å². The summed E-state index contributed by atoms with van der Waals surface area (Å²) in [4.78, 5) is 0. The average molecular weight is 289 g/mol. The maximum Gasteiger partial charge on any atom is 0.0661 e. The molecule has 0 spiro atoms. The summed E-state index contributed by atoms with van der Waals surface area (Å²) in [5, 5.41) is 3.67. The fourth-order valence-electron chi connectivity index (χ4n) is 3.14. The standard InChI is InChI=1S/C19H31NO/c1-6-8-20-19-12-21-9-7-16-17(14(4)5)10-15(13(2)3)11-18(16)19/h10-11,13-14,19-20H,6-9,12H2,1-5H3. The van der Waals surface area contributed by atoms with Gasteiger partial charge in [-0.15, -0.1) is 0 Å². The minimum absolute atomic E-state index is 0.346. The molecule has 1 aliphatic heterocycles. The van der Waals surface area contributed by atoms with Gasteiger partial charge in [0, 0.05) is 0 Å². The van der Waals surface area contributed by atoms with Gasteiger partial charge in [0.2, 0.25) is 0 Å². The summed E-state index contributed by atoms with van der Waals surface area (Å²) in [6.45, 7) is 14.1. The summed E-state index contributed by atoms with van der Waals surface area (Å²) in [6, 6.07) is 5.20. The molecule has 2 nitrogen and oxygen atoms in total. The van der Waals surface area contributed by atoms with Gasteiger partial charge < -0.3 is 10.1 Å². The van der Waals surface area contributed by atoms with Crippen molar-refractivity contribution in [3.63, 3.8) is 0 Å². The van der Waals surface area contributed by atoms with Crippen molar-refractivity contribution in [1.29, 1.82) is 0 Å². The third-order valence-corrected chi connectivity index (χ3v) is 4.43. The molecule has 1 N–H and O–H groups in total. The van der Waals surface area contributed by atoms with Crippen LogP contribution in [0.3, 0.4) is 0 Å². The van der Waals surface area contributed by atoms with Crippen molar-refractivity contribution in [2.75, 3.05) is 19.8 Å². The Labute approximate surface area is 130 Å². The first kappa shape index (κ1) is 16.5. The third-order valence-electron chi connectivity index (χ3n) is 4.43. The van der Waals surface area contributed by atoms with Crippen LogP contribution in [-0.4, -0.2) is 19.8 Å². The van der Waals surface area contributed by atoms with Gasteiger partial charge in [-0.3, -0.25) is 0 Å². The van der Waals surface area contributed by atoms with Crippen LogP contribution in [0.25, 0.3) is 0 Å². The maximum atomic E-state index is 5.86. The van der Waals surface area contributed by atoms with Crippen LogP contribution < -0.4 is 5.32 Å². The van der Waals surface area contributed by atoms with Crippen molar-refractivity contribution in [3.8, 4) is 0 Å². The maximum absolute atomic E-state index is 5.86. The highest BCUT2D eigenvalue weighted by Gasteiger charge is 2.23. The first-order chi connectivity index (χ1) is 10.0. The molecule has 118 valence electrons. The largest absolute Gasteiger partial charge is 0.379 e. The van der Waals surface area contributed by atoms with Crippen molar-refractivity contribution in [2.45, 2.75) is 65.3 Å². The van der Waals surface area contributed by atoms with Crippen molar-refractivity contribution >= 4 is 0 Å². The Morgan fingerprint density at radius 3 is 2.57 bits per heavy atom. The molecule has 0 saturated heterocycles. The minimum Gasteiger partial charge on any atom is -0.379 e. The number of benzene rings is 1. The van der Waals surface area contributed by atoms with E-state index in [0.717, 1.165) is 32.6 Å². The van der Waals surface area contributed by atoms with Crippen molar-refractivity contribution in [2.24, 2.45) is 0 Å². The Hall–Kier alpha value is -0.860. The van der Waals surface area contributed by atoms with E-state index < -0.39 is 0 Å². The summed E-state index contributed by atoms with van der Waals surface area (Å²) >= 11 is 0. The smallest absolute Gasteiger partial charge is 0.0661 e. The van der Waals surface area contributed by atoms with Crippen LogP contribution in [0.4, 0.5) is 0 Å². The lowest BCUT2D eigenvalue weighted by molar-refractivity contribution is 0.121. The monoisotopic (exact) mass is 289 g/mol. The molecule has 0 aromatic heterocycles. The molecular weight excluding hydrogens is 258 g/mol. The van der Waals surface area contributed by atoms with E-state index in [0.29, 0.717) is 17.9 Å². The van der Waals surface area contributed by atoms with Gasteiger partial charge in [-0.05, 0) is 53.5 Å². The molecule has 2 rings (SSSR count). The normalized spacial score (nSPS) is 18.9. The van der Waals surface area contributed by atoms with Gasteiger partial charge in [0.15, 0.2) is 0 Å². The van der Waals surface area contributed by atoms with E-state index in [1.54, 1.807) is 0 Å². The van der Waals surface area contributed by atoms with Crippen LogP contribution in [0, 0.1) is 0 Å². The van der Waals surface area contributed by atoms with E-state index in [-0.39, 0.29) is 0 Å². The van der Waals surface area contributed by atoms with Crippen LogP contribution in [0.5, 0.6) is 0 Å². The molecule has 0 amide bonds. The molecule has 0 bridgehead atoms. The van der Waals surface area contributed by atoms with E-state index >= 15 is 0 Å². The average Bonchev–Trinajstić information content (AvgIpc) is 2.65. The lowest BCUT2D eigenvalue weighted by Crippen LogP contribution is -2.26. The highest BCUT2D eigenvalue weighted by atomic mass is 16.5. The quantitative estimate of drug-likeness (QED) is 0.859. The van der Waals surface area contributed by atoms with Crippen molar-refractivity contribution < 1.29 is 4.74 Å². The molecule has 1 unspecified atom stereocenters. The molecule has 0 radical (unpaired) electrons. The topological polar surface area (TPSA) is 21.3 Å². The lowest BCUT2D eigenvalue weighted by atomic mass is 9.85. The van der Waals surface area contributed by atoms with Gasteiger partial charge in [-0.2, -0.15) is 0 Å². The Morgan fingerprint density at radius 1 is 1.19 bits per heavy atom. The first-order valence-corrected chi connectivity index (χ1v) is 8.52. The number of ether oxygens (including phenoxy) is 1. The van der Waals surface area contributed by atoms with E-state index in [1.807, 2.05) is 0 Å². The van der Waals surface area contributed by atoms with Gasteiger partial charge in [0.1, 0.15) is 0 Å². The molecule has 0 aliphatic carbocycles. The minimum atomic E-state index is 0.346. The fourth-order valence-corrected chi connectivity index (χ4v) is 3.14. The zero-order valence-electron chi connectivity index (χ0n) is 14.3. The number of nitrogens with one attached hydrogen (secondary N) is 1. The number of hydrogen-bond donors (Lipinski definition) is 1. The van der Waals surface area contributed by atoms with E-state index in [4.69, 9.17) is 4.74 Å². The zero-order valence-corrected chi connectivity index (χ0v) is 14.3. The highest BCUT2D eigenvalue weighted by Crippen LogP contribution is 2.33. The van der Waals surface area contributed by atoms with Crippen LogP contribution in [0.2, 0.25) is 0 Å². The predicted octanol–water partition coefficient (Wildman–Crippen LogP) is 4.55. The Morgan fingerprint density at radius 2 is 1.95 bits per heavy atom. The molecule has 0 fully saturated rings. The van der Waals surface area contributed by atoms with Gasteiger partial charge >= 0.3 is 0 Å². The van der Waals surface area contributed by atoms with E-state index in [9.17, 15) is 0 Å². The second kappa shape index (κ2) is 7.42. The Kier molecular flexibility index (Phi) is 5.83. The van der Waals surface area contributed by atoms with Crippen LogP contribution >= 0.6 is 0 Å². The summed E-state index contributed by atoms with van der Waals surface area (Å²) in [5.74, 6) is 1.14. The van der Waals surface area contributed by atoms with Gasteiger partial charge in [-0.1, -0.05) is 46.8 Å². The number of fused-ring (bicyclic) bond motifs is 1. The number of hydrogen-bond acceptors (Lipinski definition) is 2. The second-order valence-electron chi connectivity index (χ2n) is 6.82. The highest BCUT2D eigenvalue weighted by molar-refractivity contribution is 5.44. The first-order valence-electron chi connectivity index (χ1n) is 8.52. The molecule has 2 heteroatoms. The third kappa shape index (κ3) is 3.87. The van der Waals surface area contributed by atoms with Crippen LogP contribution in [0.15, 0.2) is 12.1 Å². The second-order valence-corrected chi connectivity index (χ2v) is 6.82. The molecule has 1 heterocycles. The Balaban J connectivity index is 2.49. The van der Waals surface area contributed by atoms with Crippen LogP contribution in [0.1, 0.15) is 81.2 Å². The predicted molar refractivity (Wildman–Crippen MR) is 90.2 cm³/mol. The van der Waals surface area contributed by atoms with Gasteiger partial charge in [0.25, 0.3) is 0 Å². The summed E-state index contributed by atoms with van der Waals surface area (Å²) in [7, 11) is 0. The molecule has 1 aliphatic rings. The Bertz CT molecular complexity index is 465. The molecule has 1 atom stereocenters. The van der Waals surface area contributed by atoms with Crippen molar-refractivity contribution in [3.05, 3.63) is 34.4 Å². The molecule has 1 aromatic rings. The molecule has 21 heavy (non-hydrogen) atoms. The van der Waals surface area contributed by atoms with Crippen molar-refractivity contribution in [1.82, 2.24) is 5.32 Å². The summed E-state index contributed by atoms with van der Waals surface area (Å²) in [5.41, 5.74) is 5.99. The SMILES string of the molecule is CCCNC1COCCc2c(C(C)C)cc(C(C)C)cc21. The van der Waals surface area contributed by atoms with Gasteiger partial charge in [-0.25, -0.2) is 0 Å². The van der Waals surface area contributed by atoms with E-state index in [2.05, 4.69) is 52.1 Å². The number of rotatable bonds is 5. The molecular formula is C19H31NO. The van der Waals surface area contributed by atoms with Gasteiger partial charge in [0.05, 0.1) is 19.3 Å². The van der Waals surface area contributed by atoms with E-state index in [1.165, 1.54) is 22.3 Å². The fraction of sp³-hybridized carbons (Fsp3) is 0.684. The summed E-state index contributed by atoms with van der Waals surface area (Å²) in [6.07, 6.45) is 2.21. The summed E-state index contributed by atoms with van der Waals surface area (Å²) < 4.78 is 5.86. The zero-order chi connectivity index (χ0) is 15.4. The lowest BCUT2D eigenvalue weighted by Gasteiger charge is -2.24. The molecule has 1 aromatic carbocycles. The molecule has 0 saturated carbocycles.